The summed E-state index contributed by atoms with van der Waals surface area (Å²) in [6, 6.07) is 15.9. The monoisotopic (exact) mass is 437 g/mol. The molecule has 1 aliphatic heterocycles. The summed E-state index contributed by atoms with van der Waals surface area (Å²) < 4.78 is 16.8. The molecule has 0 bridgehead atoms. The summed E-state index contributed by atoms with van der Waals surface area (Å²) >= 11 is 1.65. The first-order chi connectivity index (χ1) is 15.1. The average molecular weight is 438 g/mol. The van der Waals surface area contributed by atoms with Crippen molar-refractivity contribution in [1.29, 1.82) is 0 Å². The largest absolute Gasteiger partial charge is 0.493 e. The second-order valence-electron chi connectivity index (χ2n) is 7.45. The summed E-state index contributed by atoms with van der Waals surface area (Å²) in [7, 11) is 3.28. The van der Waals surface area contributed by atoms with Crippen molar-refractivity contribution in [3.05, 3.63) is 75.5 Å². The van der Waals surface area contributed by atoms with Gasteiger partial charge in [-0.05, 0) is 65.2 Å². The van der Waals surface area contributed by atoms with Gasteiger partial charge in [-0.3, -0.25) is 4.79 Å². The highest BCUT2D eigenvalue weighted by molar-refractivity contribution is 7.10. The molecule has 0 N–H and O–H groups in total. The van der Waals surface area contributed by atoms with Gasteiger partial charge in [0.15, 0.2) is 18.1 Å². The van der Waals surface area contributed by atoms with E-state index in [2.05, 4.69) is 13.0 Å². The van der Waals surface area contributed by atoms with Crippen LogP contribution in [-0.4, -0.2) is 38.2 Å². The number of hydrogen-bond acceptors (Lipinski definition) is 5. The van der Waals surface area contributed by atoms with Crippen LogP contribution in [0, 0.1) is 0 Å². The van der Waals surface area contributed by atoms with Gasteiger partial charge in [-0.2, -0.15) is 0 Å². The Labute approximate surface area is 187 Å². The second-order valence-corrected chi connectivity index (χ2v) is 8.43. The maximum absolute atomic E-state index is 13.2. The lowest BCUT2D eigenvalue weighted by Gasteiger charge is -2.37. The number of benzene rings is 2. The molecule has 0 saturated carbocycles. The van der Waals surface area contributed by atoms with Gasteiger partial charge in [-0.15, -0.1) is 11.3 Å². The van der Waals surface area contributed by atoms with Crippen molar-refractivity contribution in [3.63, 3.8) is 0 Å². The minimum Gasteiger partial charge on any atom is -0.493 e. The number of nitrogens with zero attached hydrogens (tertiary/aromatic N) is 1. The Morgan fingerprint density at radius 3 is 2.48 bits per heavy atom. The fourth-order valence-electron chi connectivity index (χ4n) is 4.02. The molecule has 0 radical (unpaired) electrons. The molecule has 1 amide bonds. The number of aryl methyl sites for hydroxylation is 1. The Kier molecular flexibility index (Phi) is 6.47. The van der Waals surface area contributed by atoms with E-state index >= 15 is 0 Å². The number of thiophene rings is 1. The first-order valence-corrected chi connectivity index (χ1v) is 11.3. The second kappa shape index (κ2) is 9.43. The summed E-state index contributed by atoms with van der Waals surface area (Å²) in [5.74, 6) is 2.06. The Morgan fingerprint density at radius 2 is 1.84 bits per heavy atom. The molecular formula is C25H27NO4S. The molecule has 4 rings (SSSR count). The molecule has 5 nitrogen and oxygen atoms in total. The van der Waals surface area contributed by atoms with Crippen LogP contribution in [0.2, 0.25) is 0 Å². The van der Waals surface area contributed by atoms with Gasteiger partial charge in [0.1, 0.15) is 5.75 Å². The van der Waals surface area contributed by atoms with Crippen LogP contribution in [0.4, 0.5) is 0 Å². The molecular weight excluding hydrogens is 410 g/mol. The summed E-state index contributed by atoms with van der Waals surface area (Å²) in [4.78, 5) is 16.3. The lowest BCUT2D eigenvalue weighted by atomic mass is 9.90. The number of fused-ring (bicyclic) bond motifs is 1. The van der Waals surface area contributed by atoms with Crippen molar-refractivity contribution in [1.82, 2.24) is 4.90 Å². The molecule has 1 atom stereocenters. The third-order valence-corrected chi connectivity index (χ3v) is 6.63. The maximum atomic E-state index is 13.2. The first-order valence-electron chi connectivity index (χ1n) is 10.4. The number of carbonyl (C=O) groups excluding carboxylic acids is 1. The molecule has 6 heteroatoms. The lowest BCUT2D eigenvalue weighted by Crippen LogP contribution is -2.42. The predicted molar refractivity (Wildman–Crippen MR) is 122 cm³/mol. The lowest BCUT2D eigenvalue weighted by molar-refractivity contribution is -0.135. The van der Waals surface area contributed by atoms with Crippen molar-refractivity contribution in [2.45, 2.75) is 25.8 Å². The van der Waals surface area contributed by atoms with Gasteiger partial charge in [0.05, 0.1) is 20.3 Å². The zero-order valence-electron chi connectivity index (χ0n) is 18.1. The van der Waals surface area contributed by atoms with Crippen LogP contribution in [0.1, 0.15) is 34.5 Å². The molecule has 31 heavy (non-hydrogen) atoms. The van der Waals surface area contributed by atoms with Crippen molar-refractivity contribution < 1.29 is 19.0 Å². The van der Waals surface area contributed by atoms with Crippen LogP contribution in [0.25, 0.3) is 0 Å². The van der Waals surface area contributed by atoms with Crippen LogP contribution in [-0.2, 0) is 17.6 Å². The van der Waals surface area contributed by atoms with Crippen LogP contribution in [0.15, 0.2) is 53.9 Å². The van der Waals surface area contributed by atoms with Crippen LogP contribution < -0.4 is 14.2 Å². The van der Waals surface area contributed by atoms with Gasteiger partial charge in [0, 0.05) is 11.4 Å². The summed E-state index contributed by atoms with van der Waals surface area (Å²) in [5, 5.41) is 2.04. The van der Waals surface area contributed by atoms with E-state index in [4.69, 9.17) is 14.2 Å². The fraction of sp³-hybridized carbons (Fsp3) is 0.320. The van der Waals surface area contributed by atoms with E-state index in [1.807, 2.05) is 52.7 Å². The molecule has 1 aliphatic rings. The Bertz CT molecular complexity index is 1030. The van der Waals surface area contributed by atoms with E-state index in [9.17, 15) is 4.79 Å². The highest BCUT2D eigenvalue weighted by Gasteiger charge is 2.34. The Morgan fingerprint density at radius 1 is 1.10 bits per heavy atom. The summed E-state index contributed by atoms with van der Waals surface area (Å²) in [6.07, 6.45) is 1.73. The Hall–Kier alpha value is -2.99. The molecule has 2 aromatic carbocycles. The van der Waals surface area contributed by atoms with Crippen molar-refractivity contribution in [2.24, 2.45) is 0 Å². The molecule has 0 fully saturated rings. The number of amides is 1. The van der Waals surface area contributed by atoms with Crippen LogP contribution in [0.5, 0.6) is 17.2 Å². The number of ether oxygens (including phenoxy) is 3. The third kappa shape index (κ3) is 4.39. The molecule has 1 unspecified atom stereocenters. The molecule has 2 heterocycles. The van der Waals surface area contributed by atoms with Gasteiger partial charge < -0.3 is 19.1 Å². The zero-order chi connectivity index (χ0) is 21.8. The number of methoxy groups -OCH3 is 2. The van der Waals surface area contributed by atoms with Crippen molar-refractivity contribution in [3.8, 4) is 17.2 Å². The van der Waals surface area contributed by atoms with E-state index < -0.39 is 0 Å². The topological polar surface area (TPSA) is 48.0 Å². The molecule has 0 spiro atoms. The SMILES string of the molecule is CCc1ccc(OCC(=O)N2CCc3cc(OC)c(OC)cc3C2c2cccs2)cc1. The van der Waals surface area contributed by atoms with Crippen LogP contribution in [0.3, 0.4) is 0 Å². The number of hydrogen-bond donors (Lipinski definition) is 0. The van der Waals surface area contributed by atoms with Crippen LogP contribution >= 0.6 is 11.3 Å². The molecule has 0 aliphatic carbocycles. The molecule has 3 aromatic rings. The maximum Gasteiger partial charge on any atom is 0.261 e. The van der Waals surface area contributed by atoms with E-state index in [-0.39, 0.29) is 18.6 Å². The minimum absolute atomic E-state index is 0.00989. The molecule has 162 valence electrons. The van der Waals surface area contributed by atoms with E-state index in [0.29, 0.717) is 23.8 Å². The first kappa shape index (κ1) is 21.2. The average Bonchev–Trinajstić information content (AvgIpc) is 3.35. The number of rotatable bonds is 7. The zero-order valence-corrected chi connectivity index (χ0v) is 18.9. The van der Waals surface area contributed by atoms with E-state index in [1.165, 1.54) is 11.1 Å². The van der Waals surface area contributed by atoms with Gasteiger partial charge in [-0.1, -0.05) is 25.1 Å². The van der Waals surface area contributed by atoms with Crippen molar-refractivity contribution in [2.75, 3.05) is 27.4 Å². The predicted octanol–water partition coefficient (Wildman–Crippen LogP) is 4.88. The fourth-order valence-corrected chi connectivity index (χ4v) is 4.87. The van der Waals surface area contributed by atoms with E-state index in [1.54, 1.807) is 25.6 Å². The quantitative estimate of drug-likeness (QED) is 0.529. The number of carbonyl (C=O) groups is 1. The van der Waals surface area contributed by atoms with Gasteiger partial charge in [0.2, 0.25) is 0 Å². The Balaban J connectivity index is 1.60. The highest BCUT2D eigenvalue weighted by atomic mass is 32.1. The van der Waals surface area contributed by atoms with Gasteiger partial charge >= 0.3 is 0 Å². The normalized spacial score (nSPS) is 15.3. The van der Waals surface area contributed by atoms with Gasteiger partial charge in [-0.25, -0.2) is 0 Å². The third-order valence-electron chi connectivity index (χ3n) is 5.70. The molecule has 1 aromatic heterocycles. The highest BCUT2D eigenvalue weighted by Crippen LogP contribution is 2.42. The summed E-state index contributed by atoms with van der Waals surface area (Å²) in [6.45, 7) is 2.75. The molecule has 0 saturated heterocycles. The standard InChI is InChI=1S/C25H27NO4S/c1-4-17-7-9-19(10-8-17)30-16-24(27)26-12-11-18-14-21(28-2)22(29-3)15-20(18)25(26)23-6-5-13-31-23/h5-10,13-15,25H,4,11-12,16H2,1-3H3. The minimum atomic E-state index is -0.165. The van der Waals surface area contributed by atoms with Gasteiger partial charge in [0.25, 0.3) is 5.91 Å². The van der Waals surface area contributed by atoms with Crippen molar-refractivity contribution >= 4 is 17.2 Å². The van der Waals surface area contributed by atoms with E-state index in [0.717, 1.165) is 23.3 Å². The summed E-state index contributed by atoms with van der Waals surface area (Å²) in [5.41, 5.74) is 3.50. The smallest absolute Gasteiger partial charge is 0.261 e.